The standard InChI is InChI=1S/C22H25FN4/c1-4-5-6-8-16-11-14(2)26-27-21(15(3)24-22(16)27)20-12-18-17(13-23)9-7-10-19(18)25-20/h7,9-12,25H,4-6,8,13H2,1-3H3. The molecule has 1 aromatic carbocycles. The summed E-state index contributed by atoms with van der Waals surface area (Å²) in [4.78, 5) is 8.26. The molecule has 3 heterocycles. The first kappa shape index (κ1) is 17.7. The Labute approximate surface area is 158 Å². The van der Waals surface area contributed by atoms with Crippen molar-refractivity contribution >= 4 is 16.6 Å². The summed E-state index contributed by atoms with van der Waals surface area (Å²) >= 11 is 0. The average molecular weight is 364 g/mol. The van der Waals surface area contributed by atoms with Crippen LogP contribution in [-0.4, -0.2) is 19.6 Å². The maximum Gasteiger partial charge on any atom is 0.157 e. The first-order valence-corrected chi connectivity index (χ1v) is 9.65. The topological polar surface area (TPSA) is 46.0 Å². The Morgan fingerprint density at radius 2 is 1.96 bits per heavy atom. The maximum absolute atomic E-state index is 13.3. The molecule has 0 atom stereocenters. The van der Waals surface area contributed by atoms with Crippen LogP contribution in [0.3, 0.4) is 0 Å². The van der Waals surface area contributed by atoms with Crippen molar-refractivity contribution < 1.29 is 4.39 Å². The normalized spacial score (nSPS) is 11.7. The highest BCUT2D eigenvalue weighted by Gasteiger charge is 2.18. The van der Waals surface area contributed by atoms with Gasteiger partial charge in [-0.3, -0.25) is 0 Å². The van der Waals surface area contributed by atoms with Crippen molar-refractivity contribution in [1.82, 2.24) is 19.6 Å². The lowest BCUT2D eigenvalue weighted by molar-refractivity contribution is 0.488. The SMILES string of the molecule is CCCCCc1cc(C)nn2c(-c3cc4c(CF)cccc4[nH]3)c(C)nc12. The summed E-state index contributed by atoms with van der Waals surface area (Å²) in [6, 6.07) is 9.85. The van der Waals surface area contributed by atoms with Gasteiger partial charge in [-0.2, -0.15) is 5.10 Å². The second-order valence-corrected chi connectivity index (χ2v) is 7.24. The zero-order valence-electron chi connectivity index (χ0n) is 16.1. The van der Waals surface area contributed by atoms with Crippen LogP contribution >= 0.6 is 0 Å². The number of rotatable bonds is 6. The summed E-state index contributed by atoms with van der Waals surface area (Å²) in [6.07, 6.45) is 4.58. The third kappa shape index (κ3) is 3.11. The molecule has 0 aliphatic heterocycles. The van der Waals surface area contributed by atoms with Crippen molar-refractivity contribution in [2.75, 3.05) is 0 Å². The van der Waals surface area contributed by atoms with Gasteiger partial charge >= 0.3 is 0 Å². The van der Waals surface area contributed by atoms with E-state index in [2.05, 4.69) is 18.0 Å². The van der Waals surface area contributed by atoms with Crippen molar-refractivity contribution in [1.29, 1.82) is 0 Å². The van der Waals surface area contributed by atoms with Crippen LogP contribution in [0, 0.1) is 13.8 Å². The van der Waals surface area contributed by atoms with Crippen LogP contribution in [0.4, 0.5) is 4.39 Å². The molecule has 4 nitrogen and oxygen atoms in total. The molecule has 0 bridgehead atoms. The fourth-order valence-electron chi connectivity index (χ4n) is 3.85. The fourth-order valence-corrected chi connectivity index (χ4v) is 3.85. The molecule has 0 aliphatic carbocycles. The minimum atomic E-state index is -0.473. The number of nitrogens with zero attached hydrogens (tertiary/aromatic N) is 3. The molecular formula is C22H25FN4. The molecule has 0 saturated heterocycles. The zero-order chi connectivity index (χ0) is 19.0. The second-order valence-electron chi connectivity index (χ2n) is 7.24. The Bertz CT molecular complexity index is 1110. The Balaban J connectivity index is 1.88. The van der Waals surface area contributed by atoms with Crippen molar-refractivity contribution in [2.24, 2.45) is 0 Å². The number of aromatic nitrogens is 4. The molecule has 0 spiro atoms. The molecule has 0 fully saturated rings. The van der Waals surface area contributed by atoms with Crippen molar-refractivity contribution in [3.63, 3.8) is 0 Å². The predicted octanol–water partition coefficient (Wildman–Crippen LogP) is 5.70. The third-order valence-corrected chi connectivity index (χ3v) is 5.16. The molecule has 0 amide bonds. The molecule has 1 N–H and O–H groups in total. The summed E-state index contributed by atoms with van der Waals surface area (Å²) in [6.45, 7) is 5.78. The van der Waals surface area contributed by atoms with Gasteiger partial charge in [-0.15, -0.1) is 0 Å². The van der Waals surface area contributed by atoms with Crippen LogP contribution in [0.1, 0.15) is 48.7 Å². The van der Waals surface area contributed by atoms with E-state index < -0.39 is 6.67 Å². The number of benzene rings is 1. The lowest BCUT2D eigenvalue weighted by Crippen LogP contribution is -2.01. The highest BCUT2D eigenvalue weighted by molar-refractivity contribution is 5.88. The van der Waals surface area contributed by atoms with E-state index >= 15 is 0 Å². The second kappa shape index (κ2) is 7.14. The number of H-pyrrole nitrogens is 1. The molecule has 0 radical (unpaired) electrons. The van der Waals surface area contributed by atoms with E-state index in [4.69, 9.17) is 10.1 Å². The van der Waals surface area contributed by atoms with Gasteiger partial charge in [0.2, 0.25) is 0 Å². The van der Waals surface area contributed by atoms with Crippen LogP contribution in [0.15, 0.2) is 30.3 Å². The lowest BCUT2D eigenvalue weighted by Gasteiger charge is -2.06. The number of aromatic amines is 1. The van der Waals surface area contributed by atoms with Gasteiger partial charge in [-0.05, 0) is 56.0 Å². The minimum absolute atomic E-state index is 0.473. The minimum Gasteiger partial charge on any atom is -0.353 e. The fraction of sp³-hybridized carbons (Fsp3) is 0.364. The summed E-state index contributed by atoms with van der Waals surface area (Å²) in [5.74, 6) is 0. The van der Waals surface area contributed by atoms with E-state index in [1.165, 1.54) is 18.4 Å². The van der Waals surface area contributed by atoms with Crippen LogP contribution in [-0.2, 0) is 13.1 Å². The van der Waals surface area contributed by atoms with E-state index in [1.54, 1.807) is 0 Å². The molecule has 4 rings (SSSR count). The van der Waals surface area contributed by atoms with Gasteiger partial charge < -0.3 is 4.98 Å². The summed E-state index contributed by atoms with van der Waals surface area (Å²) < 4.78 is 15.3. The van der Waals surface area contributed by atoms with E-state index in [0.29, 0.717) is 5.56 Å². The first-order valence-electron chi connectivity index (χ1n) is 9.65. The number of halogens is 1. The monoisotopic (exact) mass is 364 g/mol. The van der Waals surface area contributed by atoms with Gasteiger partial charge in [0.15, 0.2) is 5.65 Å². The van der Waals surface area contributed by atoms with E-state index in [-0.39, 0.29) is 0 Å². The first-order chi connectivity index (χ1) is 13.1. The number of fused-ring (bicyclic) bond motifs is 2. The quantitative estimate of drug-likeness (QED) is 0.446. The van der Waals surface area contributed by atoms with E-state index in [9.17, 15) is 4.39 Å². The Kier molecular flexibility index (Phi) is 4.68. The molecule has 0 unspecified atom stereocenters. The summed E-state index contributed by atoms with van der Waals surface area (Å²) in [5.41, 5.74) is 7.59. The Morgan fingerprint density at radius 1 is 1.11 bits per heavy atom. The highest BCUT2D eigenvalue weighted by Crippen LogP contribution is 2.30. The Hall–Kier alpha value is -2.69. The van der Waals surface area contributed by atoms with Gasteiger partial charge in [0, 0.05) is 10.9 Å². The van der Waals surface area contributed by atoms with E-state index in [0.717, 1.165) is 52.2 Å². The average Bonchev–Trinajstić information content (AvgIpc) is 3.21. The molecule has 140 valence electrons. The largest absolute Gasteiger partial charge is 0.353 e. The van der Waals surface area contributed by atoms with Crippen LogP contribution < -0.4 is 0 Å². The summed E-state index contributed by atoms with van der Waals surface area (Å²) in [5, 5.41) is 5.65. The number of unbranched alkanes of at least 4 members (excludes halogenated alkanes) is 2. The number of aryl methyl sites for hydroxylation is 3. The van der Waals surface area contributed by atoms with Crippen molar-refractivity contribution in [3.05, 3.63) is 52.8 Å². The number of imidazole rings is 1. The zero-order valence-corrected chi connectivity index (χ0v) is 16.1. The number of alkyl halides is 1. The molecule has 5 heteroatoms. The third-order valence-electron chi connectivity index (χ3n) is 5.16. The van der Waals surface area contributed by atoms with Crippen LogP contribution in [0.25, 0.3) is 27.9 Å². The van der Waals surface area contributed by atoms with Gasteiger partial charge in [0.05, 0.1) is 17.1 Å². The van der Waals surface area contributed by atoms with Crippen molar-refractivity contribution in [3.8, 4) is 11.4 Å². The lowest BCUT2D eigenvalue weighted by atomic mass is 10.1. The molecular weight excluding hydrogens is 339 g/mol. The molecule has 0 aliphatic rings. The summed E-state index contributed by atoms with van der Waals surface area (Å²) in [7, 11) is 0. The highest BCUT2D eigenvalue weighted by atomic mass is 19.1. The molecule has 0 saturated carbocycles. The molecule has 27 heavy (non-hydrogen) atoms. The number of hydrogen-bond donors (Lipinski definition) is 1. The molecule has 3 aromatic heterocycles. The smallest absolute Gasteiger partial charge is 0.157 e. The van der Waals surface area contributed by atoms with Crippen molar-refractivity contribution in [2.45, 2.75) is 53.1 Å². The Morgan fingerprint density at radius 3 is 2.74 bits per heavy atom. The predicted molar refractivity (Wildman–Crippen MR) is 108 cm³/mol. The molecule has 4 aromatic rings. The van der Waals surface area contributed by atoms with Crippen LogP contribution in [0.2, 0.25) is 0 Å². The van der Waals surface area contributed by atoms with Gasteiger partial charge in [-0.1, -0.05) is 31.9 Å². The van der Waals surface area contributed by atoms with Gasteiger partial charge in [0.1, 0.15) is 12.4 Å². The maximum atomic E-state index is 13.3. The van der Waals surface area contributed by atoms with Gasteiger partial charge in [-0.25, -0.2) is 13.9 Å². The van der Waals surface area contributed by atoms with Gasteiger partial charge in [0.25, 0.3) is 0 Å². The van der Waals surface area contributed by atoms with E-state index in [1.807, 2.05) is 42.6 Å². The number of hydrogen-bond acceptors (Lipinski definition) is 2. The van der Waals surface area contributed by atoms with Crippen LogP contribution in [0.5, 0.6) is 0 Å². The number of nitrogens with one attached hydrogen (secondary N) is 1.